The smallest absolute Gasteiger partial charge is 0.149 e. The molecule has 0 saturated heterocycles. The summed E-state index contributed by atoms with van der Waals surface area (Å²) in [6.07, 6.45) is 1.98. The number of aromatic nitrogens is 2. The molecule has 1 aliphatic carbocycles. The summed E-state index contributed by atoms with van der Waals surface area (Å²) in [5.41, 5.74) is 11.6. The highest BCUT2D eigenvalue weighted by molar-refractivity contribution is 5.61. The second-order valence-corrected chi connectivity index (χ2v) is 5.67. The Balaban J connectivity index is 2.09. The van der Waals surface area contributed by atoms with Crippen molar-refractivity contribution < 1.29 is 0 Å². The van der Waals surface area contributed by atoms with Crippen LogP contribution in [-0.2, 0) is 5.54 Å². The molecular formula is C16H19N3. The lowest BCUT2D eigenvalue weighted by Gasteiger charge is -2.11. The molecule has 1 saturated carbocycles. The van der Waals surface area contributed by atoms with Crippen molar-refractivity contribution in [1.29, 1.82) is 0 Å². The lowest BCUT2D eigenvalue weighted by molar-refractivity contribution is 0.669. The number of hydrogen-bond acceptors (Lipinski definition) is 3. The second-order valence-electron chi connectivity index (χ2n) is 5.67. The molecule has 1 fully saturated rings. The van der Waals surface area contributed by atoms with Crippen LogP contribution in [0.15, 0.2) is 24.3 Å². The van der Waals surface area contributed by atoms with E-state index in [0.29, 0.717) is 0 Å². The Bertz CT molecular complexity index is 642. The van der Waals surface area contributed by atoms with Gasteiger partial charge < -0.3 is 5.73 Å². The van der Waals surface area contributed by atoms with Gasteiger partial charge in [-0.25, -0.2) is 9.97 Å². The van der Waals surface area contributed by atoms with Crippen LogP contribution in [0.3, 0.4) is 0 Å². The van der Waals surface area contributed by atoms with Crippen LogP contribution in [0.1, 0.15) is 35.5 Å². The van der Waals surface area contributed by atoms with Gasteiger partial charge in [0.2, 0.25) is 0 Å². The molecule has 0 unspecified atom stereocenters. The van der Waals surface area contributed by atoms with Crippen LogP contribution in [0.2, 0.25) is 0 Å². The topological polar surface area (TPSA) is 51.8 Å². The van der Waals surface area contributed by atoms with Gasteiger partial charge in [0.1, 0.15) is 5.82 Å². The van der Waals surface area contributed by atoms with E-state index in [-0.39, 0.29) is 5.54 Å². The Labute approximate surface area is 113 Å². The molecule has 98 valence electrons. The van der Waals surface area contributed by atoms with E-state index in [1.165, 1.54) is 11.1 Å². The summed E-state index contributed by atoms with van der Waals surface area (Å²) in [7, 11) is 0. The highest BCUT2D eigenvalue weighted by Crippen LogP contribution is 2.41. The molecule has 1 aromatic heterocycles. The van der Waals surface area contributed by atoms with Gasteiger partial charge in [0.15, 0.2) is 0 Å². The molecule has 0 aliphatic heterocycles. The van der Waals surface area contributed by atoms with Gasteiger partial charge in [-0.2, -0.15) is 0 Å². The quantitative estimate of drug-likeness (QED) is 0.895. The number of benzene rings is 1. The Kier molecular flexibility index (Phi) is 2.68. The predicted octanol–water partition coefficient (Wildman–Crippen LogP) is 3.02. The van der Waals surface area contributed by atoms with Crippen molar-refractivity contribution >= 4 is 0 Å². The number of nitrogens with two attached hydrogens (primary N) is 1. The summed E-state index contributed by atoms with van der Waals surface area (Å²) < 4.78 is 0. The van der Waals surface area contributed by atoms with Crippen molar-refractivity contribution in [2.45, 2.75) is 39.2 Å². The molecule has 0 spiro atoms. The van der Waals surface area contributed by atoms with Crippen LogP contribution in [0.5, 0.6) is 0 Å². The molecular weight excluding hydrogens is 234 g/mol. The summed E-state index contributed by atoms with van der Waals surface area (Å²) in [5, 5.41) is 0. The minimum Gasteiger partial charge on any atom is -0.319 e. The van der Waals surface area contributed by atoms with Crippen molar-refractivity contribution in [2.24, 2.45) is 5.73 Å². The van der Waals surface area contributed by atoms with E-state index >= 15 is 0 Å². The first-order chi connectivity index (χ1) is 8.98. The summed E-state index contributed by atoms with van der Waals surface area (Å²) in [6, 6.07) is 8.46. The number of aryl methyl sites for hydroxylation is 3. The molecule has 2 aromatic rings. The Morgan fingerprint density at radius 2 is 1.74 bits per heavy atom. The molecule has 0 atom stereocenters. The summed E-state index contributed by atoms with van der Waals surface area (Å²) in [6.45, 7) is 6.25. The zero-order valence-corrected chi connectivity index (χ0v) is 11.7. The largest absolute Gasteiger partial charge is 0.319 e. The molecule has 0 radical (unpaired) electrons. The van der Waals surface area contributed by atoms with E-state index in [0.717, 1.165) is 35.6 Å². The number of nitrogens with zero attached hydrogens (tertiary/aromatic N) is 2. The standard InChI is InChI=1S/C16H19N3/c1-10-4-5-13(8-11(10)2)14-9-12(3)18-15(19-14)16(17)6-7-16/h4-5,8-9H,6-7,17H2,1-3H3. The third kappa shape index (κ3) is 2.26. The third-order valence-corrected chi connectivity index (χ3v) is 3.89. The highest BCUT2D eigenvalue weighted by atomic mass is 15.0. The fourth-order valence-corrected chi connectivity index (χ4v) is 2.20. The van der Waals surface area contributed by atoms with Crippen molar-refractivity contribution in [1.82, 2.24) is 9.97 Å². The maximum atomic E-state index is 6.21. The Morgan fingerprint density at radius 3 is 2.37 bits per heavy atom. The van der Waals surface area contributed by atoms with Gasteiger partial charge in [-0.05, 0) is 56.9 Å². The predicted molar refractivity (Wildman–Crippen MR) is 76.8 cm³/mol. The van der Waals surface area contributed by atoms with Crippen molar-refractivity contribution in [3.8, 4) is 11.3 Å². The van der Waals surface area contributed by atoms with Gasteiger partial charge in [-0.15, -0.1) is 0 Å². The molecule has 3 nitrogen and oxygen atoms in total. The van der Waals surface area contributed by atoms with Crippen molar-refractivity contribution in [3.63, 3.8) is 0 Å². The SMILES string of the molecule is Cc1cc(-c2ccc(C)c(C)c2)nc(C2(N)CC2)n1. The van der Waals surface area contributed by atoms with Gasteiger partial charge in [-0.3, -0.25) is 0 Å². The van der Waals surface area contributed by atoms with Crippen LogP contribution in [0.4, 0.5) is 0 Å². The average Bonchev–Trinajstić information content (AvgIpc) is 3.11. The average molecular weight is 253 g/mol. The van der Waals surface area contributed by atoms with E-state index in [1.54, 1.807) is 0 Å². The minimum atomic E-state index is -0.277. The highest BCUT2D eigenvalue weighted by Gasteiger charge is 2.43. The van der Waals surface area contributed by atoms with Crippen LogP contribution in [0, 0.1) is 20.8 Å². The van der Waals surface area contributed by atoms with Crippen molar-refractivity contribution in [3.05, 3.63) is 46.9 Å². The third-order valence-electron chi connectivity index (χ3n) is 3.89. The van der Waals surface area contributed by atoms with Gasteiger partial charge in [0.25, 0.3) is 0 Å². The Hall–Kier alpha value is -1.74. The summed E-state index contributed by atoms with van der Waals surface area (Å²) in [4.78, 5) is 9.17. The normalized spacial score (nSPS) is 16.4. The van der Waals surface area contributed by atoms with Crippen LogP contribution in [0.25, 0.3) is 11.3 Å². The maximum absolute atomic E-state index is 6.21. The van der Waals surface area contributed by atoms with Gasteiger partial charge in [-0.1, -0.05) is 12.1 Å². The first-order valence-electron chi connectivity index (χ1n) is 6.71. The monoisotopic (exact) mass is 253 g/mol. The fraction of sp³-hybridized carbons (Fsp3) is 0.375. The first kappa shape index (κ1) is 12.3. The van der Waals surface area contributed by atoms with E-state index in [2.05, 4.69) is 42.0 Å². The zero-order chi connectivity index (χ0) is 13.6. The lowest BCUT2D eigenvalue weighted by atomic mass is 10.0. The summed E-state index contributed by atoms with van der Waals surface area (Å²) >= 11 is 0. The van der Waals surface area contributed by atoms with Gasteiger partial charge in [0.05, 0.1) is 11.2 Å². The molecule has 1 aliphatic rings. The fourth-order valence-electron chi connectivity index (χ4n) is 2.20. The Morgan fingerprint density at radius 1 is 1.00 bits per heavy atom. The van der Waals surface area contributed by atoms with Crippen LogP contribution < -0.4 is 5.73 Å². The number of hydrogen-bond donors (Lipinski definition) is 1. The molecule has 1 heterocycles. The molecule has 0 bridgehead atoms. The van der Waals surface area contributed by atoms with Crippen LogP contribution >= 0.6 is 0 Å². The first-order valence-corrected chi connectivity index (χ1v) is 6.71. The number of rotatable bonds is 2. The molecule has 3 heteroatoms. The molecule has 19 heavy (non-hydrogen) atoms. The van der Waals surface area contributed by atoms with Crippen LogP contribution in [-0.4, -0.2) is 9.97 Å². The molecule has 2 N–H and O–H groups in total. The molecule has 1 aromatic carbocycles. The minimum absolute atomic E-state index is 0.277. The van der Waals surface area contributed by atoms with Gasteiger partial charge in [0, 0.05) is 11.3 Å². The van der Waals surface area contributed by atoms with E-state index in [1.807, 2.05) is 13.0 Å². The maximum Gasteiger partial charge on any atom is 0.149 e. The molecule has 3 rings (SSSR count). The lowest BCUT2D eigenvalue weighted by Crippen LogP contribution is -2.22. The van der Waals surface area contributed by atoms with Gasteiger partial charge >= 0.3 is 0 Å². The van der Waals surface area contributed by atoms with E-state index in [4.69, 9.17) is 5.73 Å². The molecule has 0 amide bonds. The zero-order valence-electron chi connectivity index (χ0n) is 11.7. The van der Waals surface area contributed by atoms with E-state index < -0.39 is 0 Å². The van der Waals surface area contributed by atoms with Crippen molar-refractivity contribution in [2.75, 3.05) is 0 Å². The summed E-state index contributed by atoms with van der Waals surface area (Å²) in [5.74, 6) is 0.792. The van der Waals surface area contributed by atoms with E-state index in [9.17, 15) is 0 Å². The second kappa shape index (κ2) is 4.14.